The molecule has 5 nitrogen and oxygen atoms in total. The highest BCUT2D eigenvalue weighted by atomic mass is 32.2. The number of hydrogen-bond acceptors (Lipinski definition) is 3. The molecule has 0 bridgehead atoms. The van der Waals surface area contributed by atoms with Gasteiger partial charge >= 0.3 is 0 Å². The van der Waals surface area contributed by atoms with Crippen LogP contribution in [0.25, 0.3) is 0 Å². The molecule has 1 amide bonds. The van der Waals surface area contributed by atoms with Crippen LogP contribution in [-0.2, 0) is 15.4 Å². The van der Waals surface area contributed by atoms with E-state index in [0.717, 1.165) is 0 Å². The fourth-order valence-corrected chi connectivity index (χ4v) is 3.42. The Morgan fingerprint density at radius 1 is 1.04 bits per heavy atom. The molecule has 0 aliphatic carbocycles. The highest BCUT2D eigenvalue weighted by molar-refractivity contribution is 7.89. The summed E-state index contributed by atoms with van der Waals surface area (Å²) in [4.78, 5) is 12.5. The molecule has 0 spiro atoms. The molecule has 0 heterocycles. The molecule has 0 saturated carbocycles. The third-order valence-corrected chi connectivity index (χ3v) is 5.29. The van der Waals surface area contributed by atoms with Crippen LogP contribution in [-0.4, -0.2) is 20.9 Å². The van der Waals surface area contributed by atoms with Crippen molar-refractivity contribution in [3.05, 3.63) is 59.7 Å². The van der Waals surface area contributed by atoms with Gasteiger partial charge < -0.3 is 5.32 Å². The van der Waals surface area contributed by atoms with Gasteiger partial charge in [-0.05, 0) is 41.3 Å². The van der Waals surface area contributed by atoms with Gasteiger partial charge in [0, 0.05) is 17.8 Å². The van der Waals surface area contributed by atoms with Gasteiger partial charge in [-0.15, -0.1) is 0 Å². The molecule has 2 aromatic rings. The highest BCUT2D eigenvalue weighted by Gasteiger charge is 2.16. The molecular formula is C19H24N2O3S. The number of sulfonamides is 1. The van der Waals surface area contributed by atoms with Crippen LogP contribution in [0.5, 0.6) is 0 Å². The lowest BCUT2D eigenvalue weighted by atomic mass is 9.87. The predicted molar refractivity (Wildman–Crippen MR) is 100 cm³/mol. The summed E-state index contributed by atoms with van der Waals surface area (Å²) in [6, 6.07) is 13.6. The third-order valence-electron chi connectivity index (χ3n) is 3.75. The molecular weight excluding hydrogens is 336 g/mol. The van der Waals surface area contributed by atoms with Gasteiger partial charge in [0.15, 0.2) is 0 Å². The summed E-state index contributed by atoms with van der Waals surface area (Å²) in [5.41, 5.74) is 2.17. The Kier molecular flexibility index (Phi) is 5.65. The van der Waals surface area contributed by atoms with Crippen LogP contribution < -0.4 is 10.0 Å². The molecule has 25 heavy (non-hydrogen) atoms. The fourth-order valence-electron chi connectivity index (χ4n) is 2.33. The number of carbonyl (C=O) groups is 1. The molecule has 2 N–H and O–H groups in total. The minimum absolute atomic E-state index is 0.0392. The second kappa shape index (κ2) is 7.37. The summed E-state index contributed by atoms with van der Waals surface area (Å²) < 4.78 is 26.5. The summed E-state index contributed by atoms with van der Waals surface area (Å²) in [6.45, 7) is 8.36. The summed E-state index contributed by atoms with van der Waals surface area (Å²) in [7, 11) is -3.59. The summed E-state index contributed by atoms with van der Waals surface area (Å²) in [6.07, 6.45) is 0. The Morgan fingerprint density at radius 2 is 1.68 bits per heavy atom. The normalized spacial score (nSPS) is 12.0. The molecule has 0 aliphatic rings. The molecule has 0 atom stereocenters. The van der Waals surface area contributed by atoms with Crippen LogP contribution in [0.2, 0.25) is 0 Å². The summed E-state index contributed by atoms with van der Waals surface area (Å²) in [5.74, 6) is -0.350. The Hall–Kier alpha value is -2.18. The first-order chi connectivity index (χ1) is 11.6. The average molecular weight is 360 g/mol. The molecule has 0 radical (unpaired) electrons. The predicted octanol–water partition coefficient (Wildman–Crippen LogP) is 3.53. The Labute approximate surface area is 149 Å². The summed E-state index contributed by atoms with van der Waals surface area (Å²) in [5, 5.41) is 2.79. The number of nitrogens with one attached hydrogen (secondary N) is 2. The van der Waals surface area contributed by atoms with Gasteiger partial charge in [-0.3, -0.25) is 4.79 Å². The van der Waals surface area contributed by atoms with Crippen molar-refractivity contribution >= 4 is 21.6 Å². The minimum atomic E-state index is -3.59. The van der Waals surface area contributed by atoms with E-state index in [4.69, 9.17) is 0 Å². The van der Waals surface area contributed by atoms with Gasteiger partial charge in [-0.1, -0.05) is 45.9 Å². The Balaban J connectivity index is 2.19. The number of amides is 1. The first-order valence-electron chi connectivity index (χ1n) is 8.15. The van der Waals surface area contributed by atoms with Crippen molar-refractivity contribution in [1.29, 1.82) is 0 Å². The smallest absolute Gasteiger partial charge is 0.255 e. The summed E-state index contributed by atoms with van der Waals surface area (Å²) >= 11 is 0. The van der Waals surface area contributed by atoms with Crippen molar-refractivity contribution in [2.75, 3.05) is 11.9 Å². The molecule has 0 fully saturated rings. The van der Waals surface area contributed by atoms with Gasteiger partial charge in [0.2, 0.25) is 10.0 Å². The number of rotatable bonds is 5. The van der Waals surface area contributed by atoms with Gasteiger partial charge in [-0.2, -0.15) is 0 Å². The van der Waals surface area contributed by atoms with Crippen LogP contribution in [0.1, 0.15) is 43.6 Å². The maximum Gasteiger partial charge on any atom is 0.255 e. The van der Waals surface area contributed by atoms with E-state index in [9.17, 15) is 13.2 Å². The lowest BCUT2D eigenvalue weighted by molar-refractivity contribution is 0.102. The molecule has 0 aromatic heterocycles. The quantitative estimate of drug-likeness (QED) is 0.856. The second-order valence-corrected chi connectivity index (χ2v) is 8.58. The van der Waals surface area contributed by atoms with Crippen molar-refractivity contribution < 1.29 is 13.2 Å². The lowest BCUT2D eigenvalue weighted by Crippen LogP contribution is -2.23. The fraction of sp³-hybridized carbons (Fsp3) is 0.316. The molecule has 6 heteroatoms. The number of benzene rings is 2. The molecule has 0 saturated heterocycles. The molecule has 134 valence electrons. The molecule has 2 rings (SSSR count). The van der Waals surface area contributed by atoms with Crippen molar-refractivity contribution in [2.24, 2.45) is 0 Å². The van der Waals surface area contributed by atoms with Crippen LogP contribution in [0.15, 0.2) is 53.4 Å². The first-order valence-corrected chi connectivity index (χ1v) is 9.63. The van der Waals surface area contributed by atoms with Crippen LogP contribution in [0.4, 0.5) is 5.69 Å². The van der Waals surface area contributed by atoms with E-state index in [1.165, 1.54) is 17.7 Å². The van der Waals surface area contributed by atoms with Crippen molar-refractivity contribution in [3.8, 4) is 0 Å². The van der Waals surface area contributed by atoms with Crippen molar-refractivity contribution in [3.63, 3.8) is 0 Å². The lowest BCUT2D eigenvalue weighted by Gasteiger charge is -2.19. The standard InChI is InChI=1S/C19H24N2O3S/c1-5-20-25(23,24)17-8-6-7-14(13-17)18(22)21-16-11-9-15(10-12-16)19(2,3)4/h6-13,20H,5H2,1-4H3,(H,21,22). The van der Waals surface area contributed by atoms with Crippen LogP contribution in [0, 0.1) is 0 Å². The second-order valence-electron chi connectivity index (χ2n) is 6.81. The number of hydrogen-bond donors (Lipinski definition) is 2. The van der Waals surface area contributed by atoms with Gasteiger partial charge in [0.05, 0.1) is 4.90 Å². The van der Waals surface area contributed by atoms with E-state index in [2.05, 4.69) is 30.8 Å². The number of anilines is 1. The highest BCUT2D eigenvalue weighted by Crippen LogP contribution is 2.23. The molecule has 0 unspecified atom stereocenters. The van der Waals surface area contributed by atoms with Crippen LogP contribution >= 0.6 is 0 Å². The number of carbonyl (C=O) groups excluding carboxylic acids is 1. The van der Waals surface area contributed by atoms with E-state index in [0.29, 0.717) is 17.8 Å². The SMILES string of the molecule is CCNS(=O)(=O)c1cccc(C(=O)Nc2ccc(C(C)(C)C)cc2)c1. The first kappa shape index (κ1) is 19.1. The van der Waals surface area contributed by atoms with Crippen LogP contribution in [0.3, 0.4) is 0 Å². The third kappa shape index (κ3) is 4.90. The average Bonchev–Trinajstić information content (AvgIpc) is 2.54. The topological polar surface area (TPSA) is 75.3 Å². The zero-order valence-corrected chi connectivity index (χ0v) is 15.8. The minimum Gasteiger partial charge on any atom is -0.322 e. The maximum absolute atomic E-state index is 12.4. The van der Waals surface area contributed by atoms with Crippen molar-refractivity contribution in [1.82, 2.24) is 4.72 Å². The zero-order valence-electron chi connectivity index (χ0n) is 15.0. The van der Waals surface area contributed by atoms with Gasteiger partial charge in [-0.25, -0.2) is 13.1 Å². The van der Waals surface area contributed by atoms with E-state index < -0.39 is 10.0 Å². The molecule has 0 aliphatic heterocycles. The van der Waals surface area contributed by atoms with E-state index in [1.54, 1.807) is 19.1 Å². The largest absolute Gasteiger partial charge is 0.322 e. The monoisotopic (exact) mass is 360 g/mol. The van der Waals surface area contributed by atoms with E-state index in [-0.39, 0.29) is 16.2 Å². The van der Waals surface area contributed by atoms with Crippen molar-refractivity contribution in [2.45, 2.75) is 38.0 Å². The Morgan fingerprint density at radius 3 is 2.24 bits per heavy atom. The van der Waals surface area contributed by atoms with Gasteiger partial charge in [0.1, 0.15) is 0 Å². The van der Waals surface area contributed by atoms with E-state index >= 15 is 0 Å². The van der Waals surface area contributed by atoms with E-state index in [1.807, 2.05) is 24.3 Å². The zero-order chi connectivity index (χ0) is 18.7. The Bertz CT molecular complexity index is 851. The molecule has 2 aromatic carbocycles. The van der Waals surface area contributed by atoms with Gasteiger partial charge in [0.25, 0.3) is 5.91 Å². The maximum atomic E-state index is 12.4.